The average molecular weight is 405 g/mol. The number of ether oxygens (including phenoxy) is 2. The maximum Gasteiger partial charge on any atom is 0.586 e. The fourth-order valence-corrected chi connectivity index (χ4v) is 3.85. The molecular weight excluding hydrogens is 380 g/mol. The van der Waals surface area contributed by atoms with E-state index in [0.717, 1.165) is 37.2 Å². The average Bonchev–Trinajstić information content (AvgIpc) is 2.80. The van der Waals surface area contributed by atoms with Crippen molar-refractivity contribution in [1.82, 2.24) is 15.5 Å². The van der Waals surface area contributed by atoms with Gasteiger partial charge in [0.15, 0.2) is 17.3 Å². The first-order valence-electron chi connectivity index (χ1n) is 9.52. The Labute approximate surface area is 168 Å². The lowest BCUT2D eigenvalue weighted by Gasteiger charge is -2.37. The molecule has 4 rings (SSSR count). The minimum atomic E-state index is -3.71. The number of hydrogen-bond donors (Lipinski definition) is 3. The van der Waals surface area contributed by atoms with Gasteiger partial charge in [-0.1, -0.05) is 6.08 Å². The number of likely N-dealkylation sites (N-methyl/N-ethyl adjacent to an activating group) is 1. The molecule has 0 saturated carbocycles. The molecule has 0 radical (unpaired) electrons. The van der Waals surface area contributed by atoms with E-state index in [4.69, 9.17) is 15.2 Å². The molecule has 0 saturated heterocycles. The highest BCUT2D eigenvalue weighted by atomic mass is 19.3. The number of nitrogens with two attached hydrogens (primary N) is 1. The van der Waals surface area contributed by atoms with Crippen molar-refractivity contribution in [3.05, 3.63) is 41.1 Å². The summed E-state index contributed by atoms with van der Waals surface area (Å²) in [7, 11) is 3.68. The zero-order chi connectivity index (χ0) is 20.8. The Balaban J connectivity index is 1.82. The smallest absolute Gasteiger partial charge is 0.395 e. The first kappa shape index (κ1) is 19.7. The number of fused-ring (bicyclic) bond motifs is 1. The van der Waals surface area contributed by atoms with Crippen molar-refractivity contribution < 1.29 is 18.3 Å². The van der Waals surface area contributed by atoms with E-state index in [-0.39, 0.29) is 11.5 Å². The van der Waals surface area contributed by atoms with Gasteiger partial charge in [-0.3, -0.25) is 10.7 Å². The van der Waals surface area contributed by atoms with Gasteiger partial charge >= 0.3 is 6.29 Å². The van der Waals surface area contributed by atoms with Gasteiger partial charge in [0.1, 0.15) is 5.84 Å². The van der Waals surface area contributed by atoms with E-state index in [9.17, 15) is 8.78 Å². The quantitative estimate of drug-likeness (QED) is 0.700. The summed E-state index contributed by atoms with van der Waals surface area (Å²) in [6, 6.07) is 3.27. The lowest BCUT2D eigenvalue weighted by atomic mass is 9.94. The van der Waals surface area contributed by atoms with E-state index in [1.807, 2.05) is 26.1 Å². The first-order chi connectivity index (χ1) is 13.7. The number of alkyl halides is 2. The molecule has 1 unspecified atom stereocenters. The summed E-state index contributed by atoms with van der Waals surface area (Å²) in [5, 5.41) is 6.29. The number of hydrogen-bond acceptors (Lipinski definition) is 6. The lowest BCUT2D eigenvalue weighted by molar-refractivity contribution is -0.286. The number of amidine groups is 1. The SMILES string of the molecule is CN=C1C=C(C)NC(N)(c2cc3c(c(C4=CCN(C)CCC4)c2)OC(F)(F)O3)N1. The van der Waals surface area contributed by atoms with Crippen LogP contribution in [0.15, 0.2) is 35.0 Å². The van der Waals surface area contributed by atoms with E-state index < -0.39 is 12.1 Å². The van der Waals surface area contributed by atoms with Crippen molar-refractivity contribution >= 4 is 11.4 Å². The summed E-state index contributed by atoms with van der Waals surface area (Å²) < 4.78 is 37.5. The second-order valence-corrected chi connectivity index (χ2v) is 7.61. The van der Waals surface area contributed by atoms with Crippen LogP contribution in [-0.2, 0) is 5.79 Å². The largest absolute Gasteiger partial charge is 0.586 e. The Morgan fingerprint density at radius 3 is 2.79 bits per heavy atom. The Hall–Kier alpha value is -2.65. The molecule has 0 spiro atoms. The van der Waals surface area contributed by atoms with Crippen LogP contribution in [0.5, 0.6) is 11.5 Å². The normalized spacial score (nSPS) is 27.6. The molecule has 3 heterocycles. The van der Waals surface area contributed by atoms with Gasteiger partial charge in [-0.2, -0.15) is 0 Å². The monoisotopic (exact) mass is 405 g/mol. The minimum Gasteiger partial charge on any atom is -0.395 e. The third kappa shape index (κ3) is 3.79. The molecule has 0 aliphatic carbocycles. The van der Waals surface area contributed by atoms with Gasteiger partial charge in [0, 0.05) is 30.4 Å². The van der Waals surface area contributed by atoms with Crippen molar-refractivity contribution in [2.75, 3.05) is 27.2 Å². The van der Waals surface area contributed by atoms with Crippen molar-refractivity contribution in [3.63, 3.8) is 0 Å². The standard InChI is InChI=1S/C20H25F2N5O2/c1-12-9-17(24-2)26-19(23,25-12)14-10-15(13-5-4-7-27(3)8-6-13)18-16(11-14)28-20(21,22)29-18/h6,9-11,25H,4-5,7-8,23H2,1-3H3,(H,24,26). The van der Waals surface area contributed by atoms with Crippen molar-refractivity contribution in [3.8, 4) is 11.5 Å². The molecule has 0 fully saturated rings. The molecule has 3 aliphatic heterocycles. The van der Waals surface area contributed by atoms with E-state index in [0.29, 0.717) is 17.0 Å². The predicted octanol–water partition coefficient (Wildman–Crippen LogP) is 2.31. The Bertz CT molecular complexity index is 928. The van der Waals surface area contributed by atoms with Crippen LogP contribution in [0.4, 0.5) is 8.78 Å². The van der Waals surface area contributed by atoms with Crippen LogP contribution in [-0.4, -0.2) is 44.2 Å². The fraction of sp³-hybridized carbons (Fsp3) is 0.450. The van der Waals surface area contributed by atoms with Crippen LogP contribution < -0.4 is 25.8 Å². The highest BCUT2D eigenvalue weighted by molar-refractivity contribution is 5.95. The summed E-state index contributed by atoms with van der Waals surface area (Å²) in [4.78, 5) is 6.34. The predicted molar refractivity (Wildman–Crippen MR) is 107 cm³/mol. The molecule has 1 aromatic carbocycles. The van der Waals surface area contributed by atoms with Crippen LogP contribution in [0.1, 0.15) is 30.9 Å². The summed E-state index contributed by atoms with van der Waals surface area (Å²) >= 11 is 0. The fourth-order valence-electron chi connectivity index (χ4n) is 3.85. The number of nitrogens with one attached hydrogen (secondary N) is 2. The second kappa shape index (κ2) is 7.00. The minimum absolute atomic E-state index is 0.0309. The third-order valence-electron chi connectivity index (χ3n) is 5.25. The lowest BCUT2D eigenvalue weighted by Crippen LogP contribution is -2.64. The molecule has 29 heavy (non-hydrogen) atoms. The molecule has 3 aliphatic rings. The molecule has 0 aromatic heterocycles. The Kier molecular flexibility index (Phi) is 4.74. The van der Waals surface area contributed by atoms with E-state index in [1.54, 1.807) is 13.1 Å². The molecular formula is C20H25F2N5O2. The molecule has 7 nitrogen and oxygen atoms in total. The number of rotatable bonds is 2. The maximum absolute atomic E-state index is 13.9. The van der Waals surface area contributed by atoms with Crippen LogP contribution >= 0.6 is 0 Å². The topological polar surface area (TPSA) is 84.1 Å². The number of nitrogens with zero attached hydrogens (tertiary/aromatic N) is 2. The van der Waals surface area contributed by atoms with Crippen LogP contribution in [0, 0.1) is 0 Å². The highest BCUT2D eigenvalue weighted by Crippen LogP contribution is 2.48. The van der Waals surface area contributed by atoms with Gasteiger partial charge < -0.3 is 25.0 Å². The molecule has 1 aromatic rings. The summed E-state index contributed by atoms with van der Waals surface area (Å²) in [6.07, 6.45) is 1.81. The highest BCUT2D eigenvalue weighted by Gasteiger charge is 2.46. The molecule has 156 valence electrons. The molecule has 1 atom stereocenters. The number of allylic oxidation sites excluding steroid dienone is 2. The van der Waals surface area contributed by atoms with E-state index in [1.165, 1.54) is 6.07 Å². The van der Waals surface area contributed by atoms with Gasteiger partial charge in [0.25, 0.3) is 0 Å². The first-order valence-corrected chi connectivity index (χ1v) is 9.52. The summed E-state index contributed by atoms with van der Waals surface area (Å²) in [5.41, 5.74) is 9.44. The molecule has 0 bridgehead atoms. The zero-order valence-electron chi connectivity index (χ0n) is 16.7. The molecule has 4 N–H and O–H groups in total. The van der Waals surface area contributed by atoms with Crippen LogP contribution in [0.2, 0.25) is 0 Å². The summed E-state index contributed by atoms with van der Waals surface area (Å²) in [6.45, 7) is 3.52. The van der Waals surface area contributed by atoms with E-state index >= 15 is 0 Å². The Morgan fingerprint density at radius 1 is 1.24 bits per heavy atom. The summed E-state index contributed by atoms with van der Waals surface area (Å²) in [5.74, 6) is -0.633. The van der Waals surface area contributed by atoms with Gasteiger partial charge in [-0.15, -0.1) is 8.78 Å². The van der Waals surface area contributed by atoms with Crippen LogP contribution in [0.3, 0.4) is 0 Å². The van der Waals surface area contributed by atoms with Crippen molar-refractivity contribution in [1.29, 1.82) is 0 Å². The molecule has 9 heteroatoms. The van der Waals surface area contributed by atoms with Gasteiger partial charge in [-0.25, -0.2) is 0 Å². The van der Waals surface area contributed by atoms with Crippen molar-refractivity contribution in [2.45, 2.75) is 31.8 Å². The van der Waals surface area contributed by atoms with Gasteiger partial charge in [0.05, 0.1) is 0 Å². The number of halogens is 2. The van der Waals surface area contributed by atoms with E-state index in [2.05, 4.69) is 20.5 Å². The van der Waals surface area contributed by atoms with Crippen molar-refractivity contribution in [2.24, 2.45) is 10.7 Å². The Morgan fingerprint density at radius 2 is 2.03 bits per heavy atom. The zero-order valence-corrected chi connectivity index (χ0v) is 16.7. The number of aliphatic imine (C=N–C) groups is 1. The van der Waals surface area contributed by atoms with Gasteiger partial charge in [-0.05, 0) is 57.1 Å². The van der Waals surface area contributed by atoms with Gasteiger partial charge in [0.2, 0.25) is 0 Å². The second-order valence-electron chi connectivity index (χ2n) is 7.61. The third-order valence-corrected chi connectivity index (χ3v) is 5.25. The van der Waals surface area contributed by atoms with Crippen LogP contribution in [0.25, 0.3) is 5.57 Å². The molecule has 0 amide bonds. The number of benzene rings is 1. The maximum atomic E-state index is 13.9.